The van der Waals surface area contributed by atoms with Gasteiger partial charge in [0, 0.05) is 12.4 Å². The van der Waals surface area contributed by atoms with Crippen LogP contribution in [0.1, 0.15) is 45.2 Å². The molecule has 1 aromatic rings. The van der Waals surface area contributed by atoms with Crippen molar-refractivity contribution in [3.8, 4) is 5.75 Å². The highest BCUT2D eigenvalue weighted by atomic mass is 32.2. The predicted molar refractivity (Wildman–Crippen MR) is 95.9 cm³/mol. The van der Waals surface area contributed by atoms with Gasteiger partial charge in [0.15, 0.2) is 0 Å². The first kappa shape index (κ1) is 17.1. The summed E-state index contributed by atoms with van der Waals surface area (Å²) in [5.74, 6) is 1.09. The van der Waals surface area contributed by atoms with E-state index >= 15 is 0 Å². The van der Waals surface area contributed by atoms with Crippen LogP contribution in [0.4, 0.5) is 5.69 Å². The molecular weight excluding hydrogens is 324 g/mol. The van der Waals surface area contributed by atoms with Gasteiger partial charge in [-0.15, -0.1) is 0 Å². The maximum Gasteiger partial charge on any atom is 0.327 e. The number of nitrogens with one attached hydrogen (secondary N) is 1. The molecule has 0 bridgehead atoms. The van der Waals surface area contributed by atoms with Gasteiger partial charge >= 0.3 is 10.2 Å². The van der Waals surface area contributed by atoms with Crippen LogP contribution in [0.3, 0.4) is 0 Å². The first-order valence-corrected chi connectivity index (χ1v) is 9.94. The molecule has 2 aliphatic rings. The molecule has 1 aliphatic carbocycles. The fourth-order valence-corrected chi connectivity index (χ4v) is 5.20. The molecule has 132 valence electrons. The van der Waals surface area contributed by atoms with Gasteiger partial charge in [-0.3, -0.25) is 4.72 Å². The van der Waals surface area contributed by atoms with Crippen LogP contribution < -0.4 is 9.03 Å². The molecule has 1 heterocycles. The van der Waals surface area contributed by atoms with Gasteiger partial charge < -0.3 is 5.11 Å². The zero-order valence-electron chi connectivity index (χ0n) is 14.7. The highest BCUT2D eigenvalue weighted by Gasteiger charge is 2.40. The largest absolute Gasteiger partial charge is 0.506 e. The minimum absolute atomic E-state index is 0.00673. The summed E-state index contributed by atoms with van der Waals surface area (Å²) in [5.41, 5.74) is 2.80. The second kappa shape index (κ2) is 5.69. The molecular formula is C18H26N2O3S. The summed E-state index contributed by atoms with van der Waals surface area (Å²) in [6.45, 7) is 9.07. The van der Waals surface area contributed by atoms with Gasteiger partial charge in [0.05, 0.1) is 0 Å². The lowest BCUT2D eigenvalue weighted by molar-refractivity contribution is 0.0902. The second-order valence-electron chi connectivity index (χ2n) is 7.56. The highest BCUT2D eigenvalue weighted by molar-refractivity contribution is 7.91. The summed E-state index contributed by atoms with van der Waals surface area (Å²) in [4.78, 5) is 0. The number of hydrogen-bond donors (Lipinski definition) is 2. The Morgan fingerprint density at radius 1 is 1.17 bits per heavy atom. The molecule has 3 rings (SSSR count). The quantitative estimate of drug-likeness (QED) is 0.879. The number of rotatable bonds is 3. The second-order valence-corrected chi connectivity index (χ2v) is 9.14. The maximum absolute atomic E-state index is 12.1. The van der Waals surface area contributed by atoms with Crippen molar-refractivity contribution >= 4 is 15.9 Å². The summed E-state index contributed by atoms with van der Waals surface area (Å²) in [6.07, 6.45) is 5.71. The Morgan fingerprint density at radius 3 is 2.38 bits per heavy atom. The third kappa shape index (κ3) is 2.57. The molecule has 1 aromatic carbocycles. The number of fused-ring (bicyclic) bond motifs is 1. The summed E-state index contributed by atoms with van der Waals surface area (Å²) in [5, 5.41) is 10.3. The van der Waals surface area contributed by atoms with Crippen LogP contribution in [0.25, 0.3) is 0 Å². The highest BCUT2D eigenvalue weighted by Crippen LogP contribution is 2.48. The Hall–Kier alpha value is -1.69. The smallest absolute Gasteiger partial charge is 0.327 e. The van der Waals surface area contributed by atoms with Crippen molar-refractivity contribution in [3.05, 3.63) is 35.7 Å². The predicted octanol–water partition coefficient (Wildman–Crippen LogP) is 3.30. The van der Waals surface area contributed by atoms with Crippen LogP contribution in [0.5, 0.6) is 5.75 Å². The van der Waals surface area contributed by atoms with Crippen LogP contribution in [0, 0.1) is 17.3 Å². The number of aryl methyl sites for hydroxylation is 1. The van der Waals surface area contributed by atoms with Crippen LogP contribution in [-0.2, 0) is 23.1 Å². The topological polar surface area (TPSA) is 69.6 Å². The molecule has 0 aromatic heterocycles. The van der Waals surface area contributed by atoms with E-state index in [0.717, 1.165) is 34.7 Å². The van der Waals surface area contributed by atoms with Crippen molar-refractivity contribution in [2.75, 3.05) is 4.31 Å². The van der Waals surface area contributed by atoms with Crippen molar-refractivity contribution in [1.29, 1.82) is 0 Å². The first-order valence-electron chi connectivity index (χ1n) is 8.50. The number of benzene rings is 1. The Kier molecular flexibility index (Phi) is 4.06. The molecule has 0 unspecified atom stereocenters. The number of nitrogens with zero attached hydrogens (tertiary/aromatic N) is 1. The Morgan fingerprint density at radius 2 is 1.83 bits per heavy atom. The first-order chi connectivity index (χ1) is 11.2. The molecule has 0 spiro atoms. The lowest BCUT2D eigenvalue weighted by Crippen LogP contribution is -2.39. The van der Waals surface area contributed by atoms with E-state index in [1.54, 1.807) is 6.07 Å². The van der Waals surface area contributed by atoms with Gasteiger partial charge in [-0.05, 0) is 59.8 Å². The van der Waals surface area contributed by atoms with Gasteiger partial charge in [0.1, 0.15) is 11.4 Å². The third-order valence-corrected chi connectivity index (χ3v) is 7.17. The number of anilines is 1. The molecule has 0 atom stereocenters. The van der Waals surface area contributed by atoms with Crippen LogP contribution in [0.2, 0.25) is 0 Å². The minimum Gasteiger partial charge on any atom is -0.506 e. The Balaban J connectivity index is 2.06. The molecule has 24 heavy (non-hydrogen) atoms. The van der Waals surface area contributed by atoms with E-state index in [0.29, 0.717) is 17.5 Å². The fraction of sp³-hybridized carbons (Fsp3) is 0.556. The standard InChI is InChI=1S/C18H26N2O3S/c1-12(2)18(13(3)4)6-5-14-10-17(21)16(9-15(14)11-18)20-8-7-19-24(20,22)23/h7-10,12-13,19,21H,5-6,11H2,1-4H3. The van der Waals surface area contributed by atoms with Crippen LogP contribution >= 0.6 is 0 Å². The molecule has 0 saturated heterocycles. The molecule has 0 amide bonds. The van der Waals surface area contributed by atoms with Crippen LogP contribution in [0.15, 0.2) is 24.5 Å². The van der Waals surface area contributed by atoms with Crippen molar-refractivity contribution < 1.29 is 13.5 Å². The number of phenolic OH excluding ortho intramolecular Hbond substituents is 1. The van der Waals surface area contributed by atoms with E-state index in [2.05, 4.69) is 32.4 Å². The van der Waals surface area contributed by atoms with Crippen molar-refractivity contribution in [2.45, 2.75) is 47.0 Å². The zero-order chi connectivity index (χ0) is 17.7. The summed E-state index contributed by atoms with van der Waals surface area (Å²) < 4.78 is 27.5. The lowest BCUT2D eigenvalue weighted by atomic mass is 9.60. The van der Waals surface area contributed by atoms with Gasteiger partial charge in [-0.1, -0.05) is 27.7 Å². The van der Waals surface area contributed by atoms with Gasteiger partial charge in [0.2, 0.25) is 0 Å². The molecule has 0 fully saturated rings. The van der Waals surface area contributed by atoms with E-state index < -0.39 is 10.2 Å². The van der Waals surface area contributed by atoms with Crippen molar-refractivity contribution in [2.24, 2.45) is 17.3 Å². The Labute approximate surface area is 144 Å². The number of aromatic hydroxyl groups is 1. The van der Waals surface area contributed by atoms with E-state index in [1.165, 1.54) is 12.4 Å². The Bertz CT molecular complexity index is 774. The molecule has 5 nitrogen and oxygen atoms in total. The monoisotopic (exact) mass is 350 g/mol. The fourth-order valence-electron chi connectivity index (χ4n) is 4.23. The lowest BCUT2D eigenvalue weighted by Gasteiger charge is -2.45. The van der Waals surface area contributed by atoms with E-state index in [-0.39, 0.29) is 11.2 Å². The van der Waals surface area contributed by atoms with Crippen molar-refractivity contribution in [3.63, 3.8) is 0 Å². The normalized spacial score (nSPS) is 21.2. The molecule has 0 saturated carbocycles. The number of phenols is 1. The molecule has 1 aliphatic heterocycles. The van der Waals surface area contributed by atoms with Gasteiger partial charge in [-0.2, -0.15) is 8.42 Å². The van der Waals surface area contributed by atoms with Gasteiger partial charge in [-0.25, -0.2) is 4.31 Å². The molecule has 0 radical (unpaired) electrons. The summed E-state index contributed by atoms with van der Waals surface area (Å²) in [6, 6.07) is 3.58. The molecule has 6 heteroatoms. The zero-order valence-corrected chi connectivity index (χ0v) is 15.5. The average Bonchev–Trinajstić information content (AvgIpc) is 2.85. The third-order valence-electron chi connectivity index (χ3n) is 5.90. The number of hydrogen-bond acceptors (Lipinski definition) is 3. The van der Waals surface area contributed by atoms with Crippen molar-refractivity contribution in [1.82, 2.24) is 4.72 Å². The summed E-state index contributed by atoms with van der Waals surface area (Å²) in [7, 11) is -3.64. The van der Waals surface area contributed by atoms with E-state index in [9.17, 15) is 13.5 Å². The SMILES string of the molecule is CC(C)C1(C(C)C)CCc2cc(O)c(N3C=CNS3(=O)=O)cc2C1. The average molecular weight is 350 g/mol. The van der Waals surface area contributed by atoms with Crippen LogP contribution in [-0.4, -0.2) is 13.5 Å². The summed E-state index contributed by atoms with van der Waals surface area (Å²) >= 11 is 0. The maximum atomic E-state index is 12.1. The van der Waals surface area contributed by atoms with E-state index in [1.807, 2.05) is 6.07 Å². The minimum atomic E-state index is -3.64. The van der Waals surface area contributed by atoms with E-state index in [4.69, 9.17) is 0 Å². The van der Waals surface area contributed by atoms with Gasteiger partial charge in [0.25, 0.3) is 0 Å². The molecule has 2 N–H and O–H groups in total.